The molecule has 2 aromatic heterocycles. The number of carbonyl (C=O) groups excluding carboxylic acids is 1. The third-order valence-electron chi connectivity index (χ3n) is 6.33. The second kappa shape index (κ2) is 11.6. The summed E-state index contributed by atoms with van der Waals surface area (Å²) in [5.74, 6) is -1.45. The number of nitrogens with zero attached hydrogens (tertiary/aromatic N) is 3. The summed E-state index contributed by atoms with van der Waals surface area (Å²) in [7, 11) is 1.36. The lowest BCUT2D eigenvalue weighted by Gasteiger charge is -2.14. The summed E-state index contributed by atoms with van der Waals surface area (Å²) in [4.78, 5) is 20.5. The number of carbonyl (C=O) groups is 1. The van der Waals surface area contributed by atoms with Gasteiger partial charge in [0.25, 0.3) is 0 Å². The van der Waals surface area contributed by atoms with Crippen LogP contribution in [0.15, 0.2) is 79.0 Å². The molecule has 0 N–H and O–H groups in total. The average Bonchev–Trinajstić information content (AvgIpc) is 3.28. The van der Waals surface area contributed by atoms with Gasteiger partial charge >= 0.3 is 5.97 Å². The van der Waals surface area contributed by atoms with E-state index in [4.69, 9.17) is 21.1 Å². The number of hydrogen-bond donors (Lipinski definition) is 0. The van der Waals surface area contributed by atoms with E-state index in [0.29, 0.717) is 46.3 Å². The number of rotatable bonds is 9. The smallest absolute Gasteiger partial charge is 0.305 e. The van der Waals surface area contributed by atoms with Gasteiger partial charge in [-0.05, 0) is 35.7 Å². The fraction of sp³-hybridized carbons (Fsp3) is 0.167. The Balaban J connectivity index is 1.51. The van der Waals surface area contributed by atoms with Crippen LogP contribution in [-0.4, -0.2) is 27.6 Å². The number of aryl methyl sites for hydroxylation is 1. The summed E-state index contributed by atoms with van der Waals surface area (Å²) >= 11 is 6.29. The van der Waals surface area contributed by atoms with Gasteiger partial charge in [-0.3, -0.25) is 4.79 Å². The SMILES string of the molecule is COC(=O)CCc1ccc(Cn2c(-c3cccnc3OCc3ccccc3Cl)nc3cc(F)c(F)cc32)cc1. The second-order valence-corrected chi connectivity index (χ2v) is 9.31. The van der Waals surface area contributed by atoms with Crippen molar-refractivity contribution in [2.45, 2.75) is 26.0 Å². The highest BCUT2D eigenvalue weighted by molar-refractivity contribution is 6.31. The molecule has 5 rings (SSSR count). The minimum atomic E-state index is -0.977. The fourth-order valence-corrected chi connectivity index (χ4v) is 4.46. The lowest BCUT2D eigenvalue weighted by molar-refractivity contribution is -0.140. The minimum absolute atomic E-state index is 0.181. The topological polar surface area (TPSA) is 66.2 Å². The number of benzene rings is 3. The van der Waals surface area contributed by atoms with E-state index < -0.39 is 11.6 Å². The summed E-state index contributed by atoms with van der Waals surface area (Å²) < 4.78 is 41.0. The lowest BCUT2D eigenvalue weighted by Crippen LogP contribution is -2.06. The number of fused-ring (bicyclic) bond motifs is 1. The molecule has 39 heavy (non-hydrogen) atoms. The zero-order valence-electron chi connectivity index (χ0n) is 21.0. The van der Waals surface area contributed by atoms with Crippen molar-refractivity contribution in [2.75, 3.05) is 7.11 Å². The van der Waals surface area contributed by atoms with Crippen LogP contribution in [0.2, 0.25) is 5.02 Å². The number of halogens is 3. The molecule has 0 aliphatic carbocycles. The number of aromatic nitrogens is 3. The molecule has 9 heteroatoms. The van der Waals surface area contributed by atoms with Crippen LogP contribution in [-0.2, 0) is 29.1 Å². The number of esters is 1. The highest BCUT2D eigenvalue weighted by Gasteiger charge is 2.20. The molecule has 2 heterocycles. The van der Waals surface area contributed by atoms with Crippen molar-refractivity contribution in [3.8, 4) is 17.3 Å². The van der Waals surface area contributed by atoms with Gasteiger partial charge in [0, 0.05) is 41.9 Å². The van der Waals surface area contributed by atoms with Crippen molar-refractivity contribution in [1.29, 1.82) is 0 Å². The van der Waals surface area contributed by atoms with Gasteiger partial charge in [0.1, 0.15) is 12.4 Å². The molecule has 0 spiro atoms. The first-order valence-electron chi connectivity index (χ1n) is 12.2. The number of ether oxygens (including phenoxy) is 2. The highest BCUT2D eigenvalue weighted by atomic mass is 35.5. The van der Waals surface area contributed by atoms with Gasteiger partial charge in [-0.25, -0.2) is 18.7 Å². The fourth-order valence-electron chi connectivity index (χ4n) is 4.27. The van der Waals surface area contributed by atoms with Crippen LogP contribution < -0.4 is 4.74 Å². The van der Waals surface area contributed by atoms with Gasteiger partial charge in [0.2, 0.25) is 5.88 Å². The van der Waals surface area contributed by atoms with Crippen molar-refractivity contribution in [2.24, 2.45) is 0 Å². The summed E-state index contributed by atoms with van der Waals surface area (Å²) in [6, 6.07) is 20.8. The van der Waals surface area contributed by atoms with E-state index in [1.807, 2.05) is 42.5 Å². The third-order valence-corrected chi connectivity index (χ3v) is 6.70. The summed E-state index contributed by atoms with van der Waals surface area (Å²) in [6.45, 7) is 0.507. The van der Waals surface area contributed by atoms with Crippen molar-refractivity contribution < 1.29 is 23.0 Å². The van der Waals surface area contributed by atoms with Gasteiger partial charge in [-0.15, -0.1) is 0 Å². The van der Waals surface area contributed by atoms with E-state index in [-0.39, 0.29) is 19.0 Å². The molecule has 0 saturated carbocycles. The van der Waals surface area contributed by atoms with E-state index >= 15 is 0 Å². The Hall–Kier alpha value is -4.30. The molecule has 0 fully saturated rings. The number of methoxy groups -OCH3 is 1. The molecule has 5 aromatic rings. The molecule has 6 nitrogen and oxygen atoms in total. The largest absolute Gasteiger partial charge is 0.472 e. The Morgan fingerprint density at radius 3 is 2.49 bits per heavy atom. The molecule has 3 aromatic carbocycles. The Morgan fingerprint density at radius 1 is 0.974 bits per heavy atom. The monoisotopic (exact) mass is 547 g/mol. The Morgan fingerprint density at radius 2 is 1.72 bits per heavy atom. The van der Waals surface area contributed by atoms with Crippen LogP contribution in [0.4, 0.5) is 8.78 Å². The predicted molar refractivity (Wildman–Crippen MR) is 145 cm³/mol. The molecular formula is C30H24ClF2N3O3. The summed E-state index contributed by atoms with van der Waals surface area (Å²) in [6.07, 6.45) is 2.44. The number of pyridine rings is 1. The van der Waals surface area contributed by atoms with Crippen LogP contribution in [0.3, 0.4) is 0 Å². The van der Waals surface area contributed by atoms with Gasteiger partial charge in [-0.1, -0.05) is 54.1 Å². The molecule has 198 valence electrons. The molecule has 0 atom stereocenters. The molecule has 0 bridgehead atoms. The first-order chi connectivity index (χ1) is 18.9. The Labute approximate surface area is 228 Å². The maximum absolute atomic E-state index is 14.3. The summed E-state index contributed by atoms with van der Waals surface area (Å²) in [5, 5.41) is 0.572. The number of hydrogen-bond acceptors (Lipinski definition) is 5. The third kappa shape index (κ3) is 5.91. The first kappa shape index (κ1) is 26.3. The van der Waals surface area contributed by atoms with Crippen LogP contribution >= 0.6 is 11.6 Å². The van der Waals surface area contributed by atoms with Crippen LogP contribution in [0.5, 0.6) is 5.88 Å². The molecule has 0 radical (unpaired) electrons. The quantitative estimate of drug-likeness (QED) is 0.191. The predicted octanol–water partition coefficient (Wildman–Crippen LogP) is 6.76. The van der Waals surface area contributed by atoms with Crippen molar-refractivity contribution >= 4 is 28.6 Å². The summed E-state index contributed by atoms with van der Waals surface area (Å²) in [5.41, 5.74) is 3.98. The zero-order valence-corrected chi connectivity index (χ0v) is 21.8. The van der Waals surface area contributed by atoms with E-state index in [9.17, 15) is 13.6 Å². The molecule has 0 unspecified atom stereocenters. The molecular weight excluding hydrogens is 524 g/mol. The van der Waals surface area contributed by atoms with Crippen LogP contribution in [0, 0.1) is 11.6 Å². The maximum Gasteiger partial charge on any atom is 0.305 e. The Bertz CT molecular complexity index is 1640. The molecule has 0 amide bonds. The first-order valence-corrected chi connectivity index (χ1v) is 12.6. The van der Waals surface area contributed by atoms with Crippen LogP contribution in [0.1, 0.15) is 23.1 Å². The number of imidazole rings is 1. The van der Waals surface area contributed by atoms with Crippen LogP contribution in [0.25, 0.3) is 22.4 Å². The van der Waals surface area contributed by atoms with E-state index in [0.717, 1.165) is 28.8 Å². The molecule has 0 aliphatic heterocycles. The van der Waals surface area contributed by atoms with Crippen molar-refractivity contribution in [1.82, 2.24) is 14.5 Å². The molecule has 0 saturated heterocycles. The van der Waals surface area contributed by atoms with Gasteiger partial charge in [0.15, 0.2) is 11.6 Å². The lowest BCUT2D eigenvalue weighted by atomic mass is 10.1. The molecule has 0 aliphatic rings. The van der Waals surface area contributed by atoms with Crippen molar-refractivity contribution in [3.05, 3.63) is 112 Å². The average molecular weight is 548 g/mol. The maximum atomic E-state index is 14.3. The van der Waals surface area contributed by atoms with E-state index in [1.54, 1.807) is 29.0 Å². The van der Waals surface area contributed by atoms with E-state index in [2.05, 4.69) is 9.97 Å². The minimum Gasteiger partial charge on any atom is -0.472 e. The standard InChI is InChI=1S/C30H24ClF2N3O3/c1-38-28(37)13-12-19-8-10-20(11-9-19)17-36-27-16-25(33)24(32)15-26(27)35-29(36)22-6-4-14-34-30(22)39-18-21-5-2-3-7-23(21)31/h2-11,14-16H,12-13,17-18H2,1H3. The highest BCUT2D eigenvalue weighted by Crippen LogP contribution is 2.33. The normalized spacial score (nSPS) is 11.1. The van der Waals surface area contributed by atoms with Gasteiger partial charge in [-0.2, -0.15) is 0 Å². The van der Waals surface area contributed by atoms with Gasteiger partial charge < -0.3 is 14.0 Å². The van der Waals surface area contributed by atoms with Gasteiger partial charge in [0.05, 0.1) is 23.7 Å². The van der Waals surface area contributed by atoms with E-state index in [1.165, 1.54) is 7.11 Å². The van der Waals surface area contributed by atoms with Crippen molar-refractivity contribution in [3.63, 3.8) is 0 Å². The zero-order chi connectivity index (χ0) is 27.4. The second-order valence-electron chi connectivity index (χ2n) is 8.91. The Kier molecular flexibility index (Phi) is 7.84.